The average Bonchev–Trinajstić information content (AvgIpc) is 3.41. The number of hydrogen-bond acceptors (Lipinski definition) is 7. The Balaban J connectivity index is 1.58. The fourth-order valence-corrected chi connectivity index (χ4v) is 3.62. The van der Waals surface area contributed by atoms with E-state index in [0.29, 0.717) is 16.5 Å². The number of carbonyl (C=O) groups excluding carboxylic acids is 1. The Morgan fingerprint density at radius 3 is 2.31 bits per heavy atom. The summed E-state index contributed by atoms with van der Waals surface area (Å²) >= 11 is 5.99. The normalized spacial score (nSPS) is 10.7. The third-order valence-electron chi connectivity index (χ3n) is 5.30. The van der Waals surface area contributed by atoms with Gasteiger partial charge < -0.3 is 9.47 Å². The van der Waals surface area contributed by atoms with Crippen LogP contribution >= 0.6 is 11.6 Å². The van der Waals surface area contributed by atoms with Crippen molar-refractivity contribution in [2.45, 2.75) is 0 Å². The van der Waals surface area contributed by atoms with Crippen LogP contribution in [0, 0.1) is 0 Å². The van der Waals surface area contributed by atoms with Gasteiger partial charge in [-0.15, -0.1) is 5.10 Å². The molecule has 9 nitrogen and oxygen atoms in total. The Morgan fingerprint density at radius 1 is 0.917 bits per heavy atom. The van der Waals surface area contributed by atoms with Gasteiger partial charge in [0, 0.05) is 5.02 Å². The zero-order chi connectivity index (χ0) is 25.1. The third-order valence-corrected chi connectivity index (χ3v) is 5.55. The average molecular weight is 500 g/mol. The summed E-state index contributed by atoms with van der Waals surface area (Å²) in [7, 11) is 1.24. The maximum Gasteiger partial charge on any atom is 0.360 e. The van der Waals surface area contributed by atoms with Crippen molar-refractivity contribution in [1.82, 2.24) is 24.8 Å². The quantitative estimate of drug-likeness (QED) is 0.312. The van der Waals surface area contributed by atoms with Crippen LogP contribution in [-0.2, 0) is 4.74 Å². The first-order valence-corrected chi connectivity index (χ1v) is 11.1. The molecule has 0 unspecified atom stereocenters. The van der Waals surface area contributed by atoms with Crippen LogP contribution in [0.25, 0.3) is 22.5 Å². The number of benzene rings is 3. The summed E-state index contributed by atoms with van der Waals surface area (Å²) in [4.78, 5) is 25.4. The molecule has 2 heterocycles. The second kappa shape index (κ2) is 9.85. The Morgan fingerprint density at radius 2 is 1.61 bits per heavy atom. The zero-order valence-corrected chi connectivity index (χ0v) is 19.7. The summed E-state index contributed by atoms with van der Waals surface area (Å²) in [5.41, 5.74) is 2.16. The molecule has 0 bridgehead atoms. The maximum atomic E-state index is 13.5. The first kappa shape index (κ1) is 23.0. The molecule has 0 spiro atoms. The molecule has 5 aromatic rings. The second-order valence-electron chi connectivity index (χ2n) is 7.58. The predicted octanol–water partition coefficient (Wildman–Crippen LogP) is 4.71. The summed E-state index contributed by atoms with van der Waals surface area (Å²) in [5.74, 6) is -0.299. The van der Waals surface area contributed by atoms with Crippen molar-refractivity contribution in [3.63, 3.8) is 0 Å². The molecule has 10 heteroatoms. The van der Waals surface area contributed by atoms with Gasteiger partial charge in [-0.25, -0.2) is 9.48 Å². The molecule has 178 valence electrons. The van der Waals surface area contributed by atoms with Gasteiger partial charge in [0.2, 0.25) is 5.75 Å². The summed E-state index contributed by atoms with van der Waals surface area (Å²) in [6, 6.07) is 23.8. The molecule has 0 amide bonds. The monoisotopic (exact) mass is 499 g/mol. The molecule has 0 saturated heterocycles. The highest BCUT2D eigenvalue weighted by Gasteiger charge is 2.20. The van der Waals surface area contributed by atoms with Gasteiger partial charge in [0.1, 0.15) is 11.4 Å². The minimum absolute atomic E-state index is 0.0301. The number of esters is 1. The molecule has 5 rings (SSSR count). The molecule has 0 radical (unpaired) electrons. The van der Waals surface area contributed by atoms with E-state index in [2.05, 4.69) is 15.4 Å². The molecule has 3 aromatic carbocycles. The molecular weight excluding hydrogens is 482 g/mol. The van der Waals surface area contributed by atoms with E-state index >= 15 is 0 Å². The van der Waals surface area contributed by atoms with E-state index in [-0.39, 0.29) is 17.1 Å². The number of halogens is 1. The molecule has 0 fully saturated rings. The lowest BCUT2D eigenvalue weighted by molar-refractivity contribution is 0.0594. The number of rotatable bonds is 6. The smallest absolute Gasteiger partial charge is 0.360 e. The van der Waals surface area contributed by atoms with Crippen LogP contribution < -0.4 is 10.3 Å². The number of carbonyl (C=O) groups is 1. The number of nitrogens with zero attached hydrogens (tertiary/aromatic N) is 5. The van der Waals surface area contributed by atoms with Crippen molar-refractivity contribution >= 4 is 17.6 Å². The molecule has 2 aromatic heterocycles. The Kier molecular flexibility index (Phi) is 6.29. The minimum atomic E-state index is -0.664. The van der Waals surface area contributed by atoms with E-state index in [1.807, 2.05) is 42.5 Å². The number of hydrogen-bond donors (Lipinski definition) is 0. The molecule has 0 saturated carbocycles. The highest BCUT2D eigenvalue weighted by Crippen LogP contribution is 2.27. The zero-order valence-electron chi connectivity index (χ0n) is 18.9. The SMILES string of the molecule is COC(=O)c1cn(-c2cnn(-c3ccc(Cl)cc3)c(=O)c2Oc2ccc(-c3ccccc3)cc2)nn1. The first-order chi connectivity index (χ1) is 17.5. The standard InChI is InChI=1S/C26H18ClN5O4/c1-35-26(34)22-16-31(30-29-22)23-15-28-32(20-11-9-19(27)10-12-20)25(33)24(23)36-21-13-7-18(8-14-21)17-5-3-2-4-6-17/h2-16H,1H3. The topological polar surface area (TPSA) is 101 Å². The molecule has 36 heavy (non-hydrogen) atoms. The molecule has 0 aliphatic heterocycles. The summed E-state index contributed by atoms with van der Waals surface area (Å²) in [6.07, 6.45) is 2.74. The van der Waals surface area contributed by atoms with Crippen LogP contribution in [0.5, 0.6) is 11.5 Å². The fraction of sp³-hybridized carbons (Fsp3) is 0.0385. The lowest BCUT2D eigenvalue weighted by Crippen LogP contribution is -2.24. The van der Waals surface area contributed by atoms with Crippen molar-refractivity contribution in [2.24, 2.45) is 0 Å². The van der Waals surface area contributed by atoms with E-state index in [1.54, 1.807) is 36.4 Å². The van der Waals surface area contributed by atoms with Crippen LogP contribution in [0.15, 0.2) is 96.1 Å². The van der Waals surface area contributed by atoms with E-state index < -0.39 is 11.5 Å². The van der Waals surface area contributed by atoms with Gasteiger partial charge in [-0.3, -0.25) is 4.79 Å². The van der Waals surface area contributed by atoms with Gasteiger partial charge in [0.15, 0.2) is 5.69 Å². The molecule has 0 aliphatic carbocycles. The number of aromatic nitrogens is 5. The summed E-state index contributed by atoms with van der Waals surface area (Å²) in [6.45, 7) is 0. The van der Waals surface area contributed by atoms with Crippen LogP contribution in [0.4, 0.5) is 0 Å². The summed E-state index contributed by atoms with van der Waals surface area (Å²) in [5, 5.41) is 12.5. The van der Waals surface area contributed by atoms with Gasteiger partial charge in [0.05, 0.1) is 25.2 Å². The Hall–Kier alpha value is -4.76. The first-order valence-electron chi connectivity index (χ1n) is 10.8. The van der Waals surface area contributed by atoms with Crippen molar-refractivity contribution in [3.8, 4) is 34.0 Å². The van der Waals surface area contributed by atoms with Gasteiger partial charge in [-0.2, -0.15) is 9.78 Å². The lowest BCUT2D eigenvalue weighted by atomic mass is 10.1. The highest BCUT2D eigenvalue weighted by atomic mass is 35.5. The lowest BCUT2D eigenvalue weighted by Gasteiger charge is -2.13. The van der Waals surface area contributed by atoms with Gasteiger partial charge in [-0.05, 0) is 47.5 Å². The summed E-state index contributed by atoms with van der Waals surface area (Å²) < 4.78 is 13.2. The van der Waals surface area contributed by atoms with E-state index in [1.165, 1.54) is 28.9 Å². The van der Waals surface area contributed by atoms with Crippen LogP contribution in [-0.4, -0.2) is 37.9 Å². The third kappa shape index (κ3) is 4.59. The Labute approximate surface area is 210 Å². The van der Waals surface area contributed by atoms with Crippen molar-refractivity contribution in [1.29, 1.82) is 0 Å². The number of methoxy groups -OCH3 is 1. The predicted molar refractivity (Wildman–Crippen MR) is 133 cm³/mol. The Bertz CT molecular complexity index is 1580. The van der Waals surface area contributed by atoms with Gasteiger partial charge >= 0.3 is 11.5 Å². The van der Waals surface area contributed by atoms with Crippen LogP contribution in [0.1, 0.15) is 10.5 Å². The fourth-order valence-electron chi connectivity index (χ4n) is 3.50. The van der Waals surface area contributed by atoms with E-state index in [0.717, 1.165) is 11.1 Å². The second-order valence-corrected chi connectivity index (χ2v) is 8.02. The van der Waals surface area contributed by atoms with E-state index in [4.69, 9.17) is 21.1 Å². The van der Waals surface area contributed by atoms with Crippen LogP contribution in [0.2, 0.25) is 5.02 Å². The molecular formula is C26H18ClN5O4. The van der Waals surface area contributed by atoms with Crippen molar-refractivity contribution in [3.05, 3.63) is 112 Å². The van der Waals surface area contributed by atoms with E-state index in [9.17, 15) is 9.59 Å². The maximum absolute atomic E-state index is 13.5. The molecule has 0 atom stereocenters. The highest BCUT2D eigenvalue weighted by molar-refractivity contribution is 6.30. The van der Waals surface area contributed by atoms with Crippen LogP contribution in [0.3, 0.4) is 0 Å². The minimum Gasteiger partial charge on any atom is -0.464 e. The van der Waals surface area contributed by atoms with Crippen molar-refractivity contribution in [2.75, 3.05) is 7.11 Å². The molecule has 0 aliphatic rings. The van der Waals surface area contributed by atoms with Gasteiger partial charge in [-0.1, -0.05) is 59.3 Å². The van der Waals surface area contributed by atoms with Gasteiger partial charge in [0.25, 0.3) is 0 Å². The number of ether oxygens (including phenoxy) is 2. The van der Waals surface area contributed by atoms with Crippen molar-refractivity contribution < 1.29 is 14.3 Å². The molecule has 0 N–H and O–H groups in total. The largest absolute Gasteiger partial charge is 0.464 e.